The van der Waals surface area contributed by atoms with Gasteiger partial charge in [0.25, 0.3) is 5.91 Å². The molecule has 4 nitrogen and oxygen atoms in total. The first-order chi connectivity index (χ1) is 11.0. The summed E-state index contributed by atoms with van der Waals surface area (Å²) in [5, 5.41) is 11.8. The van der Waals surface area contributed by atoms with Crippen LogP contribution in [0.4, 0.5) is 13.2 Å². The highest BCUT2D eigenvalue weighted by atomic mass is 19.3. The van der Waals surface area contributed by atoms with Crippen molar-refractivity contribution in [2.45, 2.75) is 18.6 Å². The summed E-state index contributed by atoms with van der Waals surface area (Å²) in [7, 11) is 0. The maximum atomic E-state index is 12.9. The van der Waals surface area contributed by atoms with E-state index in [2.05, 4.69) is 4.98 Å². The number of alkyl halides is 3. The quantitative estimate of drug-likeness (QED) is 0.858. The minimum Gasteiger partial charge on any atom is -0.386 e. The highest BCUT2D eigenvalue weighted by Gasteiger charge is 2.26. The summed E-state index contributed by atoms with van der Waals surface area (Å²) in [6.07, 6.45) is -1.38. The zero-order chi connectivity index (χ0) is 16.8. The molecule has 0 saturated heterocycles. The number of pyridine rings is 1. The van der Waals surface area contributed by atoms with E-state index in [0.717, 1.165) is 11.1 Å². The molecule has 0 radical (unpaired) electrons. The number of rotatable bonds is 6. The summed E-state index contributed by atoms with van der Waals surface area (Å²) in [4.78, 5) is 14.9. The van der Waals surface area contributed by atoms with E-state index in [0.29, 0.717) is 5.56 Å². The van der Waals surface area contributed by atoms with Crippen molar-refractivity contribution in [3.8, 4) is 11.1 Å². The lowest BCUT2D eigenvalue weighted by atomic mass is 9.99. The molecule has 0 fully saturated rings. The second-order valence-electron chi connectivity index (χ2n) is 4.88. The number of aliphatic hydroxyl groups excluding tert-OH is 1. The van der Waals surface area contributed by atoms with E-state index in [1.54, 1.807) is 48.0 Å². The standard InChI is InChI=1S/C16H15F3N2O2/c17-8-13(21-16(23)15(18)19)14(22)11-5-3-10(4-6-11)12-2-1-7-20-9-12/h1-7,9,13-15,22H,8H2,(H,21,23). The molecule has 1 aromatic heterocycles. The number of aromatic nitrogens is 1. The number of hydrogen-bond donors (Lipinski definition) is 2. The van der Waals surface area contributed by atoms with Gasteiger partial charge < -0.3 is 10.4 Å². The molecule has 2 atom stereocenters. The Morgan fingerprint density at radius 1 is 1.17 bits per heavy atom. The third-order valence-electron chi connectivity index (χ3n) is 3.32. The zero-order valence-electron chi connectivity index (χ0n) is 12.0. The molecule has 2 unspecified atom stereocenters. The monoisotopic (exact) mass is 324 g/mol. The Kier molecular flexibility index (Phi) is 5.70. The van der Waals surface area contributed by atoms with Crippen LogP contribution in [0.25, 0.3) is 11.1 Å². The summed E-state index contributed by atoms with van der Waals surface area (Å²) >= 11 is 0. The molecule has 2 N–H and O–H groups in total. The molecule has 23 heavy (non-hydrogen) atoms. The van der Waals surface area contributed by atoms with E-state index in [4.69, 9.17) is 0 Å². The Bertz CT molecular complexity index is 636. The predicted molar refractivity (Wildman–Crippen MR) is 78.5 cm³/mol. The fourth-order valence-corrected chi connectivity index (χ4v) is 2.09. The topological polar surface area (TPSA) is 62.2 Å². The lowest BCUT2D eigenvalue weighted by Gasteiger charge is -2.21. The summed E-state index contributed by atoms with van der Waals surface area (Å²) in [6, 6.07) is 8.68. The van der Waals surface area contributed by atoms with Gasteiger partial charge in [-0.25, -0.2) is 4.39 Å². The van der Waals surface area contributed by atoms with Crippen LogP contribution in [0.3, 0.4) is 0 Å². The van der Waals surface area contributed by atoms with Gasteiger partial charge in [0.2, 0.25) is 0 Å². The summed E-state index contributed by atoms with van der Waals surface area (Å²) in [6.45, 7) is -1.16. The van der Waals surface area contributed by atoms with Crippen LogP contribution < -0.4 is 5.32 Å². The number of hydrogen-bond acceptors (Lipinski definition) is 3. The third kappa shape index (κ3) is 4.29. The van der Waals surface area contributed by atoms with Crippen LogP contribution >= 0.6 is 0 Å². The number of benzene rings is 1. The zero-order valence-corrected chi connectivity index (χ0v) is 12.0. The molecule has 0 saturated carbocycles. The predicted octanol–water partition coefficient (Wildman–Crippen LogP) is 2.50. The van der Waals surface area contributed by atoms with Gasteiger partial charge in [0, 0.05) is 12.4 Å². The van der Waals surface area contributed by atoms with E-state index in [-0.39, 0.29) is 0 Å². The molecule has 2 rings (SSSR count). The molecule has 1 amide bonds. The number of carbonyl (C=O) groups is 1. The van der Waals surface area contributed by atoms with E-state index in [1.807, 2.05) is 6.07 Å². The van der Waals surface area contributed by atoms with Crippen LogP contribution in [0.1, 0.15) is 11.7 Å². The van der Waals surface area contributed by atoms with Gasteiger partial charge in [0.15, 0.2) is 0 Å². The molecular formula is C16H15F3N2O2. The van der Waals surface area contributed by atoms with Crippen molar-refractivity contribution in [1.82, 2.24) is 10.3 Å². The van der Waals surface area contributed by atoms with E-state index in [1.165, 1.54) is 0 Å². The van der Waals surface area contributed by atoms with Crippen molar-refractivity contribution in [2.75, 3.05) is 6.67 Å². The average molecular weight is 324 g/mol. The van der Waals surface area contributed by atoms with Gasteiger partial charge in [-0.2, -0.15) is 8.78 Å². The van der Waals surface area contributed by atoms with Crippen molar-refractivity contribution in [3.05, 3.63) is 54.4 Å². The van der Waals surface area contributed by atoms with E-state index >= 15 is 0 Å². The molecule has 0 aliphatic heterocycles. The van der Waals surface area contributed by atoms with Crippen LogP contribution in [0.2, 0.25) is 0 Å². The Labute approximate surface area is 131 Å². The maximum absolute atomic E-state index is 12.9. The molecule has 0 bridgehead atoms. The molecule has 0 spiro atoms. The molecule has 0 aliphatic carbocycles. The van der Waals surface area contributed by atoms with E-state index in [9.17, 15) is 23.1 Å². The second-order valence-corrected chi connectivity index (χ2v) is 4.88. The average Bonchev–Trinajstić information content (AvgIpc) is 2.59. The van der Waals surface area contributed by atoms with Gasteiger partial charge in [0.05, 0.1) is 6.04 Å². The Morgan fingerprint density at radius 3 is 2.39 bits per heavy atom. The minimum absolute atomic E-state index is 0.315. The summed E-state index contributed by atoms with van der Waals surface area (Å²) in [5.41, 5.74) is 2.01. The third-order valence-corrected chi connectivity index (χ3v) is 3.32. The van der Waals surface area contributed by atoms with Crippen LogP contribution in [-0.4, -0.2) is 35.1 Å². The van der Waals surface area contributed by atoms with Gasteiger partial charge in [0.1, 0.15) is 12.8 Å². The van der Waals surface area contributed by atoms with Crippen molar-refractivity contribution in [2.24, 2.45) is 0 Å². The van der Waals surface area contributed by atoms with Crippen molar-refractivity contribution >= 4 is 5.91 Å². The lowest BCUT2D eigenvalue weighted by Crippen LogP contribution is -2.43. The first-order valence-corrected chi connectivity index (χ1v) is 6.86. The van der Waals surface area contributed by atoms with Gasteiger partial charge in [-0.1, -0.05) is 30.3 Å². The fraction of sp³-hybridized carbons (Fsp3) is 0.250. The van der Waals surface area contributed by atoms with Crippen molar-refractivity contribution in [1.29, 1.82) is 0 Å². The number of amides is 1. The van der Waals surface area contributed by atoms with Gasteiger partial charge in [-0.15, -0.1) is 0 Å². The summed E-state index contributed by atoms with van der Waals surface area (Å²) < 4.78 is 37.4. The van der Waals surface area contributed by atoms with Crippen LogP contribution in [0.15, 0.2) is 48.8 Å². The van der Waals surface area contributed by atoms with Crippen LogP contribution in [-0.2, 0) is 4.79 Å². The first-order valence-electron chi connectivity index (χ1n) is 6.86. The molecule has 1 aromatic carbocycles. The number of halogens is 3. The largest absolute Gasteiger partial charge is 0.386 e. The molecule has 0 aliphatic rings. The lowest BCUT2D eigenvalue weighted by molar-refractivity contribution is -0.133. The number of nitrogens with zero attached hydrogens (tertiary/aromatic N) is 1. The van der Waals surface area contributed by atoms with Gasteiger partial charge >= 0.3 is 6.43 Å². The van der Waals surface area contributed by atoms with Crippen LogP contribution in [0, 0.1) is 0 Å². The smallest absolute Gasteiger partial charge is 0.315 e. The van der Waals surface area contributed by atoms with Gasteiger partial charge in [-0.3, -0.25) is 9.78 Å². The first kappa shape index (κ1) is 17.0. The number of nitrogens with one attached hydrogen (secondary N) is 1. The van der Waals surface area contributed by atoms with Crippen molar-refractivity contribution < 1.29 is 23.1 Å². The summed E-state index contributed by atoms with van der Waals surface area (Å²) in [5.74, 6) is -1.61. The highest BCUT2D eigenvalue weighted by Crippen LogP contribution is 2.23. The molecule has 122 valence electrons. The Balaban J connectivity index is 2.12. The molecular weight excluding hydrogens is 309 g/mol. The van der Waals surface area contributed by atoms with E-state index < -0.39 is 31.2 Å². The normalized spacial score (nSPS) is 13.6. The highest BCUT2D eigenvalue weighted by molar-refractivity contribution is 5.79. The number of aliphatic hydroxyl groups is 1. The number of carbonyl (C=O) groups excluding carboxylic acids is 1. The van der Waals surface area contributed by atoms with Crippen molar-refractivity contribution in [3.63, 3.8) is 0 Å². The second kappa shape index (κ2) is 7.73. The molecule has 1 heterocycles. The molecule has 7 heteroatoms. The molecule has 2 aromatic rings. The minimum atomic E-state index is -3.26. The Hall–Kier alpha value is -2.41. The Morgan fingerprint density at radius 2 is 1.87 bits per heavy atom. The SMILES string of the molecule is O=C(NC(CF)C(O)c1ccc(-c2cccnc2)cc1)C(F)F. The van der Waals surface area contributed by atoms with Crippen LogP contribution in [0.5, 0.6) is 0 Å². The fourth-order valence-electron chi connectivity index (χ4n) is 2.09. The maximum Gasteiger partial charge on any atom is 0.315 e. The van der Waals surface area contributed by atoms with Gasteiger partial charge in [-0.05, 0) is 22.8 Å².